The number of fused-ring (bicyclic) bond motifs is 5. The van der Waals surface area contributed by atoms with Crippen LogP contribution in [0.1, 0.15) is 22.3 Å². The van der Waals surface area contributed by atoms with Crippen LogP contribution in [0.2, 0.25) is 5.02 Å². The lowest BCUT2D eigenvalue weighted by atomic mass is 9.63. The van der Waals surface area contributed by atoms with Crippen LogP contribution >= 0.6 is 27.5 Å². The Morgan fingerprint density at radius 2 is 1.12 bits per heavy atom. The van der Waals surface area contributed by atoms with Gasteiger partial charge in [0.15, 0.2) is 0 Å². The number of para-hydroxylation sites is 3. The Labute approximate surface area is 251 Å². The highest BCUT2D eigenvalue weighted by Gasteiger charge is 2.45. The quantitative estimate of drug-likeness (QED) is 0.194. The average molecular weight is 613 g/mol. The van der Waals surface area contributed by atoms with E-state index in [2.05, 4.69) is 136 Å². The summed E-state index contributed by atoms with van der Waals surface area (Å²) < 4.78 is 9.85. The maximum absolute atomic E-state index is 6.49. The second-order valence-electron chi connectivity index (χ2n) is 10.4. The van der Waals surface area contributed by atoms with Crippen LogP contribution in [0.15, 0.2) is 144 Å². The van der Waals surface area contributed by atoms with Gasteiger partial charge in [-0.25, -0.2) is 0 Å². The number of aromatic nitrogens is 1. The molecule has 41 heavy (non-hydrogen) atoms. The van der Waals surface area contributed by atoms with Crippen LogP contribution in [0.3, 0.4) is 0 Å². The van der Waals surface area contributed by atoms with Crippen molar-refractivity contribution in [1.82, 2.24) is 4.57 Å². The summed E-state index contributed by atoms with van der Waals surface area (Å²) in [5.41, 5.74) is 7.38. The molecule has 0 bridgehead atoms. The molecule has 0 saturated carbocycles. The first-order valence-corrected chi connectivity index (χ1v) is 14.7. The third kappa shape index (κ3) is 3.63. The maximum Gasteiger partial charge on any atom is 0.133 e. The molecule has 2 nitrogen and oxygen atoms in total. The monoisotopic (exact) mass is 611 g/mol. The number of halogens is 2. The zero-order valence-corrected chi connectivity index (χ0v) is 24.2. The molecule has 6 aromatic carbocycles. The minimum Gasteiger partial charge on any atom is -0.457 e. The van der Waals surface area contributed by atoms with Gasteiger partial charge in [0.2, 0.25) is 0 Å². The average Bonchev–Trinajstić information content (AvgIpc) is 3.35. The highest BCUT2D eigenvalue weighted by molar-refractivity contribution is 9.10. The van der Waals surface area contributed by atoms with Crippen LogP contribution in [0, 0.1) is 0 Å². The molecule has 1 aliphatic rings. The van der Waals surface area contributed by atoms with Gasteiger partial charge in [0.25, 0.3) is 0 Å². The molecule has 1 aliphatic heterocycles. The number of hydrogen-bond donors (Lipinski definition) is 0. The van der Waals surface area contributed by atoms with Gasteiger partial charge in [0.05, 0.1) is 16.4 Å². The van der Waals surface area contributed by atoms with Crippen molar-refractivity contribution in [2.24, 2.45) is 0 Å². The minimum absolute atomic E-state index is 0.602. The molecule has 0 aliphatic carbocycles. The van der Waals surface area contributed by atoms with Crippen molar-refractivity contribution >= 4 is 49.3 Å². The molecule has 1 unspecified atom stereocenters. The standard InChI is InChI=1S/C37H23BrClNO/c38-26-17-13-24(14-18-26)37(31-9-3-6-12-35(31)41-36-23-27(39)19-22-32(36)37)25-15-20-28(21-16-25)40-33-10-4-1-7-29(33)30-8-2-5-11-34(30)40/h1-23H. The molecular formula is C37H23BrClNO. The Balaban J connectivity index is 1.41. The summed E-state index contributed by atoms with van der Waals surface area (Å²) in [5, 5.41) is 3.15. The molecular weight excluding hydrogens is 590 g/mol. The van der Waals surface area contributed by atoms with Crippen LogP contribution in [0.25, 0.3) is 27.5 Å². The summed E-state index contributed by atoms with van der Waals surface area (Å²) in [6, 6.07) is 49.2. The van der Waals surface area contributed by atoms with E-state index in [4.69, 9.17) is 16.3 Å². The fraction of sp³-hybridized carbons (Fsp3) is 0.0270. The smallest absolute Gasteiger partial charge is 0.133 e. The molecule has 0 amide bonds. The van der Waals surface area contributed by atoms with Gasteiger partial charge in [-0.05, 0) is 65.7 Å². The molecule has 0 N–H and O–H groups in total. The van der Waals surface area contributed by atoms with Gasteiger partial charge in [-0.2, -0.15) is 0 Å². The van der Waals surface area contributed by atoms with Gasteiger partial charge in [-0.15, -0.1) is 0 Å². The van der Waals surface area contributed by atoms with Gasteiger partial charge >= 0.3 is 0 Å². The first-order chi connectivity index (χ1) is 20.1. The Morgan fingerprint density at radius 3 is 1.80 bits per heavy atom. The summed E-state index contributed by atoms with van der Waals surface area (Å²) in [6.45, 7) is 0. The van der Waals surface area contributed by atoms with E-state index in [1.54, 1.807) is 0 Å². The Kier molecular flexibility index (Phi) is 5.60. The van der Waals surface area contributed by atoms with Gasteiger partial charge in [-0.3, -0.25) is 0 Å². The Bertz CT molecular complexity index is 2040. The first-order valence-electron chi connectivity index (χ1n) is 13.6. The summed E-state index contributed by atoms with van der Waals surface area (Å²) in [4.78, 5) is 0. The minimum atomic E-state index is -0.602. The normalized spacial score (nSPS) is 15.9. The van der Waals surface area contributed by atoms with E-state index in [0.29, 0.717) is 5.02 Å². The lowest BCUT2D eigenvalue weighted by Gasteiger charge is -2.41. The van der Waals surface area contributed by atoms with Gasteiger partial charge in [-0.1, -0.05) is 112 Å². The third-order valence-corrected chi connectivity index (χ3v) is 9.04. The first kappa shape index (κ1) is 24.5. The summed E-state index contributed by atoms with van der Waals surface area (Å²) in [6.07, 6.45) is 0. The van der Waals surface area contributed by atoms with E-state index in [0.717, 1.165) is 43.9 Å². The van der Waals surface area contributed by atoms with Crippen LogP contribution in [-0.4, -0.2) is 4.57 Å². The fourth-order valence-electron chi connectivity index (χ4n) is 6.57. The Morgan fingerprint density at radius 1 is 0.561 bits per heavy atom. The fourth-order valence-corrected chi connectivity index (χ4v) is 7.00. The second kappa shape index (κ2) is 9.37. The van der Waals surface area contributed by atoms with E-state index >= 15 is 0 Å². The number of benzene rings is 6. The van der Waals surface area contributed by atoms with E-state index < -0.39 is 5.41 Å². The van der Waals surface area contributed by atoms with Crippen LogP contribution in [0.4, 0.5) is 0 Å². The third-order valence-electron chi connectivity index (χ3n) is 8.27. The predicted molar refractivity (Wildman–Crippen MR) is 172 cm³/mol. The van der Waals surface area contributed by atoms with Crippen molar-refractivity contribution in [2.75, 3.05) is 0 Å². The maximum atomic E-state index is 6.49. The number of rotatable bonds is 3. The van der Waals surface area contributed by atoms with Gasteiger partial charge in [0.1, 0.15) is 11.5 Å². The lowest BCUT2D eigenvalue weighted by Crippen LogP contribution is -2.34. The predicted octanol–water partition coefficient (Wildman–Crippen LogP) is 10.7. The van der Waals surface area contributed by atoms with E-state index in [1.165, 1.54) is 21.8 Å². The van der Waals surface area contributed by atoms with Crippen molar-refractivity contribution in [3.63, 3.8) is 0 Å². The number of ether oxygens (including phenoxy) is 1. The molecule has 1 aromatic heterocycles. The molecule has 4 heteroatoms. The second-order valence-corrected chi connectivity index (χ2v) is 11.8. The zero-order chi connectivity index (χ0) is 27.6. The topological polar surface area (TPSA) is 14.2 Å². The molecule has 0 fully saturated rings. The highest BCUT2D eigenvalue weighted by Crippen LogP contribution is 2.55. The highest BCUT2D eigenvalue weighted by atomic mass is 79.9. The van der Waals surface area contributed by atoms with Crippen molar-refractivity contribution in [1.29, 1.82) is 0 Å². The largest absolute Gasteiger partial charge is 0.457 e. The summed E-state index contributed by atoms with van der Waals surface area (Å²) >= 11 is 10.1. The van der Waals surface area contributed by atoms with Gasteiger partial charge in [0, 0.05) is 37.1 Å². The molecule has 0 spiro atoms. The van der Waals surface area contributed by atoms with Crippen molar-refractivity contribution in [3.05, 3.63) is 171 Å². The molecule has 0 saturated heterocycles. The van der Waals surface area contributed by atoms with Crippen LogP contribution in [-0.2, 0) is 5.41 Å². The molecule has 2 heterocycles. The molecule has 0 radical (unpaired) electrons. The number of hydrogen-bond acceptors (Lipinski definition) is 1. The van der Waals surface area contributed by atoms with Crippen molar-refractivity contribution in [2.45, 2.75) is 5.41 Å². The molecule has 1 atom stereocenters. The molecule has 196 valence electrons. The summed E-state index contributed by atoms with van der Waals surface area (Å²) in [5.74, 6) is 1.60. The van der Waals surface area contributed by atoms with Crippen LogP contribution < -0.4 is 4.74 Å². The van der Waals surface area contributed by atoms with E-state index in [9.17, 15) is 0 Å². The molecule has 8 rings (SSSR count). The van der Waals surface area contributed by atoms with Crippen LogP contribution in [0.5, 0.6) is 11.5 Å². The van der Waals surface area contributed by atoms with Gasteiger partial charge < -0.3 is 9.30 Å². The number of nitrogens with zero attached hydrogens (tertiary/aromatic N) is 1. The SMILES string of the molecule is Clc1ccc2c(c1)Oc1ccccc1C2(c1ccc(Br)cc1)c1ccc(-n2c3ccccc3c3ccccc32)cc1. The van der Waals surface area contributed by atoms with Crippen molar-refractivity contribution in [3.8, 4) is 17.2 Å². The Hall–Kier alpha value is -4.31. The summed E-state index contributed by atoms with van der Waals surface area (Å²) in [7, 11) is 0. The van der Waals surface area contributed by atoms with E-state index in [-0.39, 0.29) is 0 Å². The van der Waals surface area contributed by atoms with Crippen molar-refractivity contribution < 1.29 is 4.74 Å². The zero-order valence-electron chi connectivity index (χ0n) is 21.9. The van der Waals surface area contributed by atoms with E-state index in [1.807, 2.05) is 24.3 Å². The molecule has 7 aromatic rings. The lowest BCUT2D eigenvalue weighted by molar-refractivity contribution is 0.434.